The number of hydrogen-bond donors (Lipinski definition) is 0. The summed E-state index contributed by atoms with van der Waals surface area (Å²) in [7, 11) is 0. The molecule has 0 bridgehead atoms. The minimum Gasteiger partial charge on any atom is -0.492 e. The molecule has 0 unspecified atom stereocenters. The Labute approximate surface area is 116 Å². The summed E-state index contributed by atoms with van der Waals surface area (Å²) in [5.41, 5.74) is 2.32. The number of ether oxygens (including phenoxy) is 1. The third-order valence-corrected chi connectivity index (χ3v) is 2.95. The third-order valence-electron chi connectivity index (χ3n) is 2.95. The Hall–Kier alpha value is -1.91. The summed E-state index contributed by atoms with van der Waals surface area (Å²) in [5, 5.41) is 0. The van der Waals surface area contributed by atoms with E-state index in [0.717, 1.165) is 22.8 Å². The van der Waals surface area contributed by atoms with Crippen molar-refractivity contribution in [3.63, 3.8) is 0 Å². The predicted octanol–water partition coefficient (Wildman–Crippen LogP) is 3.94. The minimum atomic E-state index is -5.06. The zero-order valence-electron chi connectivity index (χ0n) is 11.4. The molecular weight excluding hydrogens is 264 g/mol. The lowest BCUT2D eigenvalue weighted by Gasteiger charge is -2.19. The Kier molecular flexibility index (Phi) is 4.07. The first-order valence-electron chi connectivity index (χ1n) is 6.35. The van der Waals surface area contributed by atoms with Crippen molar-refractivity contribution in [2.75, 3.05) is 0 Å². The van der Waals surface area contributed by atoms with E-state index in [1.807, 2.05) is 32.0 Å². The highest BCUT2D eigenvalue weighted by Crippen LogP contribution is 2.19. The van der Waals surface area contributed by atoms with Crippen molar-refractivity contribution in [3.05, 3.63) is 59.2 Å². The molecule has 106 valence electrons. The molecule has 2 rings (SSSR count). The monoisotopic (exact) mass is 279 g/mol. The van der Waals surface area contributed by atoms with Crippen LogP contribution in [0.4, 0.5) is 12.9 Å². The highest BCUT2D eigenvalue weighted by molar-refractivity contribution is 6.74. The van der Waals surface area contributed by atoms with Gasteiger partial charge >= 0.3 is 6.98 Å². The second kappa shape index (κ2) is 5.61. The number of aryl methyl sites for hydroxylation is 2. The van der Waals surface area contributed by atoms with Gasteiger partial charge in [0.1, 0.15) is 6.61 Å². The van der Waals surface area contributed by atoms with Gasteiger partial charge in [-0.1, -0.05) is 53.0 Å². The van der Waals surface area contributed by atoms with Gasteiger partial charge in [0.05, 0.1) is 5.75 Å². The van der Waals surface area contributed by atoms with Crippen molar-refractivity contribution in [1.82, 2.24) is 0 Å². The van der Waals surface area contributed by atoms with E-state index in [1.165, 1.54) is 12.1 Å². The molecule has 0 aliphatic heterocycles. The zero-order chi connectivity index (χ0) is 14.8. The van der Waals surface area contributed by atoms with Crippen molar-refractivity contribution < 1.29 is 17.7 Å². The standard InChI is InChI=1S/C15H15BF3O/c1-11-7-12(2)9-13(8-11)10-20-15-6-4-3-5-14(15)16(17,18)19/h3-9H,10H2,1-2H3/q-1. The molecule has 0 spiro atoms. The van der Waals surface area contributed by atoms with E-state index >= 15 is 0 Å². The summed E-state index contributed by atoms with van der Waals surface area (Å²) in [6.07, 6.45) is 0. The molecule has 0 aliphatic rings. The van der Waals surface area contributed by atoms with Crippen molar-refractivity contribution in [2.24, 2.45) is 0 Å². The second-order valence-corrected chi connectivity index (χ2v) is 4.90. The molecule has 0 atom stereocenters. The summed E-state index contributed by atoms with van der Waals surface area (Å²) in [6.45, 7) is -1.03. The van der Waals surface area contributed by atoms with Gasteiger partial charge in [-0.2, -0.15) is 0 Å². The first kappa shape index (κ1) is 14.5. The molecule has 1 nitrogen and oxygen atoms in total. The molecule has 0 saturated carbocycles. The number of rotatable bonds is 4. The van der Waals surface area contributed by atoms with Crippen molar-refractivity contribution in [1.29, 1.82) is 0 Å². The summed E-state index contributed by atoms with van der Waals surface area (Å²) in [5.74, 6) is -0.112. The highest BCUT2D eigenvalue weighted by atomic mass is 19.4. The van der Waals surface area contributed by atoms with Gasteiger partial charge in [-0.05, 0) is 25.5 Å². The zero-order valence-corrected chi connectivity index (χ0v) is 11.4. The quantitative estimate of drug-likeness (QED) is 0.770. The van der Waals surface area contributed by atoms with E-state index in [0.29, 0.717) is 0 Å². The fraction of sp³-hybridized carbons (Fsp3) is 0.200. The van der Waals surface area contributed by atoms with Gasteiger partial charge in [-0.25, -0.2) is 0 Å². The molecule has 0 aliphatic carbocycles. The van der Waals surface area contributed by atoms with Crippen LogP contribution in [0, 0.1) is 13.8 Å². The van der Waals surface area contributed by atoms with Crippen LogP contribution in [-0.2, 0) is 6.61 Å². The average Bonchev–Trinajstić information content (AvgIpc) is 2.34. The molecule has 20 heavy (non-hydrogen) atoms. The largest absolute Gasteiger partial charge is 0.513 e. The van der Waals surface area contributed by atoms with Crippen LogP contribution in [0.2, 0.25) is 0 Å². The van der Waals surface area contributed by atoms with Crippen LogP contribution in [0.3, 0.4) is 0 Å². The molecule has 0 saturated heterocycles. The van der Waals surface area contributed by atoms with Crippen LogP contribution in [0.15, 0.2) is 42.5 Å². The van der Waals surface area contributed by atoms with Crippen LogP contribution in [0.5, 0.6) is 5.75 Å². The first-order chi connectivity index (χ1) is 9.36. The van der Waals surface area contributed by atoms with Gasteiger partial charge in [0.2, 0.25) is 0 Å². The van der Waals surface area contributed by atoms with Crippen molar-refractivity contribution in [3.8, 4) is 5.75 Å². The topological polar surface area (TPSA) is 9.23 Å². The normalized spacial score (nSPS) is 11.4. The van der Waals surface area contributed by atoms with Crippen LogP contribution in [-0.4, -0.2) is 6.98 Å². The fourth-order valence-corrected chi connectivity index (χ4v) is 2.20. The molecular formula is C15H15BF3O-. The number of halogens is 3. The molecule has 2 aromatic rings. The van der Waals surface area contributed by atoms with Gasteiger partial charge in [0, 0.05) is 0 Å². The summed E-state index contributed by atoms with van der Waals surface area (Å²) >= 11 is 0. The Balaban J connectivity index is 2.19. The third kappa shape index (κ3) is 3.56. The Bertz CT molecular complexity index is 588. The summed E-state index contributed by atoms with van der Waals surface area (Å²) in [6, 6.07) is 11.2. The fourth-order valence-electron chi connectivity index (χ4n) is 2.20. The van der Waals surface area contributed by atoms with Crippen LogP contribution < -0.4 is 10.2 Å². The van der Waals surface area contributed by atoms with E-state index in [-0.39, 0.29) is 12.4 Å². The lowest BCUT2D eigenvalue weighted by molar-refractivity contribution is 0.307. The summed E-state index contributed by atoms with van der Waals surface area (Å²) in [4.78, 5) is 0. The lowest BCUT2D eigenvalue weighted by atomic mass is 9.79. The molecule has 0 fully saturated rings. The van der Waals surface area contributed by atoms with E-state index in [1.54, 1.807) is 6.07 Å². The minimum absolute atomic E-state index is 0.112. The van der Waals surface area contributed by atoms with Crippen molar-refractivity contribution in [2.45, 2.75) is 20.5 Å². The maximum atomic E-state index is 12.9. The van der Waals surface area contributed by atoms with E-state index in [2.05, 4.69) is 0 Å². The van der Waals surface area contributed by atoms with Crippen LogP contribution in [0.25, 0.3) is 0 Å². The van der Waals surface area contributed by atoms with Gasteiger partial charge in [0.15, 0.2) is 0 Å². The molecule has 0 aromatic heterocycles. The molecule has 0 heterocycles. The Morgan fingerprint density at radius 2 is 1.55 bits per heavy atom. The lowest BCUT2D eigenvalue weighted by Crippen LogP contribution is -2.35. The number of benzene rings is 2. The van der Waals surface area contributed by atoms with E-state index < -0.39 is 12.4 Å². The molecule has 0 N–H and O–H groups in total. The predicted molar refractivity (Wildman–Crippen MR) is 75.4 cm³/mol. The van der Waals surface area contributed by atoms with E-state index in [4.69, 9.17) is 4.74 Å². The first-order valence-corrected chi connectivity index (χ1v) is 6.35. The smallest absolute Gasteiger partial charge is 0.492 e. The highest BCUT2D eigenvalue weighted by Gasteiger charge is 2.28. The van der Waals surface area contributed by atoms with E-state index in [9.17, 15) is 12.9 Å². The van der Waals surface area contributed by atoms with Crippen LogP contribution >= 0.6 is 0 Å². The SMILES string of the molecule is Cc1cc(C)cc(COc2ccccc2[B-](F)(F)F)c1. The maximum absolute atomic E-state index is 12.9. The van der Waals surface area contributed by atoms with Gasteiger partial charge < -0.3 is 17.7 Å². The maximum Gasteiger partial charge on any atom is 0.513 e. The van der Waals surface area contributed by atoms with Crippen molar-refractivity contribution >= 4 is 12.4 Å². The van der Waals surface area contributed by atoms with Gasteiger partial charge in [0.25, 0.3) is 0 Å². The Morgan fingerprint density at radius 3 is 2.15 bits per heavy atom. The molecule has 5 heteroatoms. The van der Waals surface area contributed by atoms with Gasteiger partial charge in [-0.3, -0.25) is 0 Å². The number of hydrogen-bond acceptors (Lipinski definition) is 1. The molecule has 2 aromatic carbocycles. The number of para-hydroxylation sites is 1. The summed E-state index contributed by atoms with van der Waals surface area (Å²) < 4.78 is 44.0. The molecule has 0 radical (unpaired) electrons. The second-order valence-electron chi connectivity index (χ2n) is 4.90. The molecule has 0 amide bonds. The van der Waals surface area contributed by atoms with Gasteiger partial charge in [-0.15, -0.1) is 0 Å². The Morgan fingerprint density at radius 1 is 0.950 bits per heavy atom. The van der Waals surface area contributed by atoms with Crippen LogP contribution in [0.1, 0.15) is 16.7 Å². The average molecular weight is 279 g/mol.